The number of anilines is 1. The van der Waals surface area contributed by atoms with Crippen molar-refractivity contribution in [2.45, 2.75) is 6.61 Å². The van der Waals surface area contributed by atoms with Crippen molar-refractivity contribution in [1.82, 2.24) is 4.98 Å². The van der Waals surface area contributed by atoms with Crippen LogP contribution in [0.5, 0.6) is 5.75 Å². The van der Waals surface area contributed by atoms with Crippen molar-refractivity contribution in [3.63, 3.8) is 0 Å². The summed E-state index contributed by atoms with van der Waals surface area (Å²) in [5, 5.41) is 8.37. The minimum absolute atomic E-state index is 0.384. The molecule has 4 nitrogen and oxygen atoms in total. The highest BCUT2D eigenvalue weighted by Crippen LogP contribution is 2.26. The molecule has 30 heavy (non-hydrogen) atoms. The average molecular weight is 454 g/mol. The van der Waals surface area contributed by atoms with Gasteiger partial charge in [0.05, 0.1) is 11.9 Å². The number of rotatable bonds is 7. The van der Waals surface area contributed by atoms with E-state index in [-0.39, 0.29) is 0 Å². The van der Waals surface area contributed by atoms with Crippen LogP contribution in [-0.2, 0) is 6.61 Å². The largest absolute Gasteiger partial charge is 0.488 e. The van der Waals surface area contributed by atoms with E-state index in [0.29, 0.717) is 21.8 Å². The van der Waals surface area contributed by atoms with Crippen LogP contribution < -0.4 is 10.2 Å². The standard InChI is InChI=1S/C23H17Cl2N3OS/c24-19-11-9-16(10-12-19)21-15-30-23(27-21)28-26-13-17-5-2-4-8-22(17)29-14-18-6-1-3-7-20(18)25/h1-13,15H,14H2,(H,27,28). The molecule has 1 aromatic heterocycles. The van der Waals surface area contributed by atoms with E-state index < -0.39 is 0 Å². The van der Waals surface area contributed by atoms with E-state index in [1.807, 2.05) is 78.2 Å². The van der Waals surface area contributed by atoms with Crippen LogP contribution in [0, 0.1) is 0 Å². The zero-order chi connectivity index (χ0) is 20.8. The monoisotopic (exact) mass is 453 g/mol. The number of benzene rings is 3. The molecule has 1 N–H and O–H groups in total. The molecule has 4 rings (SSSR count). The Morgan fingerprint density at radius 2 is 1.73 bits per heavy atom. The normalized spacial score (nSPS) is 11.0. The molecule has 0 amide bonds. The minimum atomic E-state index is 0.384. The molecule has 0 fully saturated rings. The van der Waals surface area contributed by atoms with Crippen LogP contribution in [0.2, 0.25) is 10.0 Å². The Morgan fingerprint density at radius 3 is 2.57 bits per heavy atom. The molecule has 3 aromatic carbocycles. The number of nitrogens with zero attached hydrogens (tertiary/aromatic N) is 2. The smallest absolute Gasteiger partial charge is 0.203 e. The molecular weight excluding hydrogens is 437 g/mol. The third-order valence-corrected chi connectivity index (χ3v) is 5.64. The maximum absolute atomic E-state index is 6.21. The topological polar surface area (TPSA) is 46.5 Å². The fourth-order valence-corrected chi connectivity index (χ4v) is 3.71. The summed E-state index contributed by atoms with van der Waals surface area (Å²) >= 11 is 13.6. The fourth-order valence-electron chi connectivity index (χ4n) is 2.72. The molecule has 0 saturated carbocycles. The number of hydrogen-bond acceptors (Lipinski definition) is 5. The van der Waals surface area contributed by atoms with Crippen LogP contribution in [-0.4, -0.2) is 11.2 Å². The Bertz CT molecular complexity index is 1160. The minimum Gasteiger partial charge on any atom is -0.488 e. The predicted molar refractivity (Wildman–Crippen MR) is 126 cm³/mol. The third kappa shape index (κ3) is 5.19. The second-order valence-corrected chi connectivity index (χ2v) is 8.03. The van der Waals surface area contributed by atoms with E-state index in [2.05, 4.69) is 15.5 Å². The van der Waals surface area contributed by atoms with Crippen LogP contribution in [0.3, 0.4) is 0 Å². The first-order valence-electron chi connectivity index (χ1n) is 9.15. The Kier molecular flexibility index (Phi) is 6.64. The molecular formula is C23H17Cl2N3OS. The number of nitrogens with one attached hydrogen (secondary N) is 1. The highest BCUT2D eigenvalue weighted by molar-refractivity contribution is 7.14. The fraction of sp³-hybridized carbons (Fsp3) is 0.0435. The second kappa shape index (κ2) is 9.76. The number of para-hydroxylation sites is 1. The molecule has 4 aromatic rings. The van der Waals surface area contributed by atoms with Crippen molar-refractivity contribution < 1.29 is 4.74 Å². The van der Waals surface area contributed by atoms with Crippen molar-refractivity contribution in [1.29, 1.82) is 0 Å². The van der Waals surface area contributed by atoms with E-state index in [4.69, 9.17) is 27.9 Å². The second-order valence-electron chi connectivity index (χ2n) is 6.33. The highest BCUT2D eigenvalue weighted by Gasteiger charge is 2.05. The third-order valence-electron chi connectivity index (χ3n) is 4.27. The van der Waals surface area contributed by atoms with E-state index in [1.54, 1.807) is 6.21 Å². The van der Waals surface area contributed by atoms with Gasteiger partial charge in [0.15, 0.2) is 0 Å². The number of hydrogen-bond donors (Lipinski definition) is 1. The van der Waals surface area contributed by atoms with Crippen molar-refractivity contribution in [3.05, 3.63) is 99.3 Å². The van der Waals surface area contributed by atoms with Gasteiger partial charge in [-0.1, -0.05) is 65.7 Å². The van der Waals surface area contributed by atoms with E-state index in [9.17, 15) is 0 Å². The summed E-state index contributed by atoms with van der Waals surface area (Å²) in [7, 11) is 0. The van der Waals surface area contributed by atoms with Crippen molar-refractivity contribution in [2.75, 3.05) is 5.43 Å². The summed E-state index contributed by atoms with van der Waals surface area (Å²) in [5.41, 5.74) is 6.64. The van der Waals surface area contributed by atoms with Gasteiger partial charge in [0.2, 0.25) is 5.13 Å². The first kappa shape index (κ1) is 20.4. The van der Waals surface area contributed by atoms with Gasteiger partial charge in [0.25, 0.3) is 0 Å². The Hall–Kier alpha value is -2.86. The first-order chi connectivity index (χ1) is 14.7. The Balaban J connectivity index is 1.41. The summed E-state index contributed by atoms with van der Waals surface area (Å²) in [6, 6.07) is 22.9. The molecule has 0 aliphatic carbocycles. The molecule has 0 radical (unpaired) electrons. The average Bonchev–Trinajstić information content (AvgIpc) is 3.23. The molecule has 0 aliphatic rings. The number of halogens is 2. The zero-order valence-corrected chi connectivity index (χ0v) is 18.1. The van der Waals surface area contributed by atoms with Crippen molar-refractivity contribution >= 4 is 45.9 Å². The van der Waals surface area contributed by atoms with Crippen LogP contribution in [0.4, 0.5) is 5.13 Å². The highest BCUT2D eigenvalue weighted by atomic mass is 35.5. The number of thiazole rings is 1. The van der Waals surface area contributed by atoms with E-state index in [0.717, 1.165) is 28.1 Å². The van der Waals surface area contributed by atoms with Crippen LogP contribution >= 0.6 is 34.5 Å². The molecule has 0 unspecified atom stereocenters. The lowest BCUT2D eigenvalue weighted by Crippen LogP contribution is -1.99. The molecule has 0 atom stereocenters. The van der Waals surface area contributed by atoms with Gasteiger partial charge in [-0.3, -0.25) is 5.43 Å². The molecule has 0 bridgehead atoms. The van der Waals surface area contributed by atoms with E-state index in [1.165, 1.54) is 11.3 Å². The van der Waals surface area contributed by atoms with Gasteiger partial charge >= 0.3 is 0 Å². The molecule has 150 valence electrons. The van der Waals surface area contributed by atoms with Crippen molar-refractivity contribution in [2.24, 2.45) is 5.10 Å². The number of aromatic nitrogens is 1. The van der Waals surface area contributed by atoms with Gasteiger partial charge < -0.3 is 4.74 Å². The maximum Gasteiger partial charge on any atom is 0.203 e. The maximum atomic E-state index is 6.21. The van der Waals surface area contributed by atoms with Crippen LogP contribution in [0.15, 0.2) is 83.3 Å². The summed E-state index contributed by atoms with van der Waals surface area (Å²) in [6.45, 7) is 0.384. The van der Waals surface area contributed by atoms with Gasteiger partial charge in [-0.05, 0) is 30.3 Å². The molecule has 0 saturated heterocycles. The first-order valence-corrected chi connectivity index (χ1v) is 10.8. The lowest BCUT2D eigenvalue weighted by Gasteiger charge is -2.10. The van der Waals surface area contributed by atoms with Crippen molar-refractivity contribution in [3.8, 4) is 17.0 Å². The molecule has 1 heterocycles. The number of hydrazone groups is 1. The van der Waals surface area contributed by atoms with Gasteiger partial charge in [0, 0.05) is 32.1 Å². The van der Waals surface area contributed by atoms with Gasteiger partial charge in [-0.15, -0.1) is 11.3 Å². The molecule has 7 heteroatoms. The van der Waals surface area contributed by atoms with Gasteiger partial charge in [-0.25, -0.2) is 4.98 Å². The van der Waals surface area contributed by atoms with Crippen LogP contribution in [0.25, 0.3) is 11.3 Å². The lowest BCUT2D eigenvalue weighted by molar-refractivity contribution is 0.306. The Labute approximate surface area is 188 Å². The van der Waals surface area contributed by atoms with Gasteiger partial charge in [0.1, 0.15) is 12.4 Å². The molecule has 0 spiro atoms. The SMILES string of the molecule is Clc1ccc(-c2csc(NN=Cc3ccccc3OCc3ccccc3Cl)n2)cc1. The zero-order valence-electron chi connectivity index (χ0n) is 15.8. The summed E-state index contributed by atoms with van der Waals surface area (Å²) < 4.78 is 5.95. The summed E-state index contributed by atoms with van der Waals surface area (Å²) in [5.74, 6) is 0.726. The van der Waals surface area contributed by atoms with Crippen LogP contribution in [0.1, 0.15) is 11.1 Å². The summed E-state index contributed by atoms with van der Waals surface area (Å²) in [4.78, 5) is 4.55. The van der Waals surface area contributed by atoms with E-state index >= 15 is 0 Å². The molecule has 0 aliphatic heterocycles. The van der Waals surface area contributed by atoms with Gasteiger partial charge in [-0.2, -0.15) is 5.10 Å². The summed E-state index contributed by atoms with van der Waals surface area (Å²) in [6.07, 6.45) is 1.71. The quantitative estimate of drug-likeness (QED) is 0.238. The predicted octanol–water partition coefficient (Wildman–Crippen LogP) is 7.14. The lowest BCUT2D eigenvalue weighted by atomic mass is 10.2. The number of ether oxygens (including phenoxy) is 1. The Morgan fingerprint density at radius 1 is 0.967 bits per heavy atom.